The molecule has 0 saturated carbocycles. The Bertz CT molecular complexity index is 375. The van der Waals surface area contributed by atoms with Gasteiger partial charge in [-0.3, -0.25) is 9.68 Å². The van der Waals surface area contributed by atoms with E-state index in [1.165, 1.54) is 135 Å². The first-order chi connectivity index (χ1) is 17.3. The van der Waals surface area contributed by atoms with Crippen LogP contribution in [0.4, 0.5) is 0 Å². The molecule has 0 radical (unpaired) electrons. The van der Waals surface area contributed by atoms with Gasteiger partial charge >= 0.3 is 0 Å². The van der Waals surface area contributed by atoms with Crippen molar-refractivity contribution in [1.29, 1.82) is 0 Å². The number of nitrogens with zero attached hydrogens (tertiary/aromatic N) is 1. The third-order valence-corrected chi connectivity index (χ3v) is 6.95. The summed E-state index contributed by atoms with van der Waals surface area (Å²) in [7, 11) is 0. The van der Waals surface area contributed by atoms with Crippen LogP contribution in [0.5, 0.6) is 0 Å². The Hall–Kier alpha value is -0.200. The Labute approximate surface area is 219 Å². The first-order valence-electron chi connectivity index (χ1n) is 15.6. The van der Waals surface area contributed by atoms with Gasteiger partial charge in [0.25, 0.3) is 0 Å². The van der Waals surface area contributed by atoms with E-state index in [-0.39, 0.29) is 32.5 Å². The van der Waals surface area contributed by atoms with Crippen LogP contribution in [0.2, 0.25) is 0 Å². The van der Waals surface area contributed by atoms with Gasteiger partial charge in [0.15, 0.2) is 0 Å². The van der Waals surface area contributed by atoms with E-state index in [4.69, 9.17) is 9.68 Å². The molecule has 0 aliphatic heterocycles. The Kier molecular flexibility index (Phi) is 29.9. The Morgan fingerprint density at radius 3 is 1.03 bits per heavy atom. The summed E-state index contributed by atoms with van der Waals surface area (Å²) in [6.45, 7) is 4.97. The molecule has 0 aromatic heterocycles. The second kappa shape index (κ2) is 30.0. The maximum atomic E-state index is 9.20. The first kappa shape index (κ1) is 34.8. The largest absolute Gasteiger partial charge is 0.394 e. The molecule has 0 amide bonds. The highest BCUT2D eigenvalue weighted by Crippen LogP contribution is 2.20. The maximum absolute atomic E-state index is 9.20. The second-order valence-electron chi connectivity index (χ2n) is 10.3. The van der Waals surface area contributed by atoms with Crippen LogP contribution in [0.1, 0.15) is 162 Å². The molecule has 5 heteroatoms. The average molecular weight is 502 g/mol. The van der Waals surface area contributed by atoms with Gasteiger partial charge in [-0.05, 0) is 12.8 Å². The molecule has 0 fully saturated rings. The topological polar surface area (TPSA) is 62.2 Å². The van der Waals surface area contributed by atoms with E-state index < -0.39 is 0 Å². The lowest BCUT2D eigenvalue weighted by atomic mass is 10.00. The summed E-state index contributed by atoms with van der Waals surface area (Å²) in [6.07, 6.45) is 30.3. The molecule has 2 N–H and O–H groups in total. The molecule has 0 aliphatic rings. The molecule has 0 rings (SSSR count). The summed E-state index contributed by atoms with van der Waals surface area (Å²) in [5.41, 5.74) is 0. The monoisotopic (exact) mass is 501 g/mol. The van der Waals surface area contributed by atoms with Gasteiger partial charge in [-0.2, -0.15) is 0 Å². The van der Waals surface area contributed by atoms with E-state index in [9.17, 15) is 10.2 Å². The fourth-order valence-electron chi connectivity index (χ4n) is 4.78. The van der Waals surface area contributed by atoms with E-state index in [1.807, 2.05) is 0 Å². The van der Waals surface area contributed by atoms with Gasteiger partial charge in [-0.25, -0.2) is 0 Å². The predicted molar refractivity (Wildman–Crippen MR) is 149 cm³/mol. The van der Waals surface area contributed by atoms with Crippen LogP contribution in [0.25, 0.3) is 0 Å². The number of aliphatic hydroxyl groups excluding tert-OH is 2. The minimum atomic E-state index is -0.0255. The SMILES string of the molecule is CCCCCCCCCCCCCCC(CCCCCCCCCCC)N(OCCO)OCCO. The predicted octanol–water partition coefficient (Wildman–Crippen LogP) is 8.52. The van der Waals surface area contributed by atoms with Gasteiger partial charge in [0, 0.05) is 0 Å². The highest BCUT2D eigenvalue weighted by Gasteiger charge is 2.20. The van der Waals surface area contributed by atoms with Crippen LogP contribution in [0.15, 0.2) is 0 Å². The molecule has 0 bridgehead atoms. The van der Waals surface area contributed by atoms with Gasteiger partial charge in [0.1, 0.15) is 0 Å². The third kappa shape index (κ3) is 25.2. The Balaban J connectivity index is 4.12. The van der Waals surface area contributed by atoms with Crippen LogP contribution < -0.4 is 0 Å². The van der Waals surface area contributed by atoms with E-state index in [1.54, 1.807) is 5.23 Å². The fraction of sp³-hybridized carbons (Fsp3) is 1.00. The smallest absolute Gasteiger partial charge is 0.0942 e. The van der Waals surface area contributed by atoms with Crippen molar-refractivity contribution < 1.29 is 19.9 Å². The summed E-state index contributed by atoms with van der Waals surface area (Å²) >= 11 is 0. The molecule has 0 aromatic carbocycles. The molecule has 212 valence electrons. The lowest BCUT2D eigenvalue weighted by Gasteiger charge is -2.29. The molecule has 0 saturated heterocycles. The number of rotatable bonds is 30. The number of hydroxylamine groups is 2. The maximum Gasteiger partial charge on any atom is 0.0942 e. The highest BCUT2D eigenvalue weighted by molar-refractivity contribution is 4.64. The molecule has 0 heterocycles. The molecular formula is C30H63NO4. The zero-order valence-electron chi connectivity index (χ0n) is 23.8. The average Bonchev–Trinajstić information content (AvgIpc) is 2.87. The van der Waals surface area contributed by atoms with Crippen LogP contribution in [0.3, 0.4) is 0 Å². The quantitative estimate of drug-likeness (QED) is 0.0763. The first-order valence-corrected chi connectivity index (χ1v) is 15.6. The summed E-state index contributed by atoms with van der Waals surface area (Å²) < 4.78 is 0. The number of unbranched alkanes of at least 4 members (excludes halogenated alkanes) is 19. The standard InChI is InChI=1S/C30H63NO4/c1-3-5-7-9-11-13-14-15-17-19-21-23-25-30(31(34-28-26-32)35-29-27-33)24-22-20-18-16-12-10-8-6-4-2/h30,32-33H,3-29H2,1-2H3. The van der Waals surface area contributed by atoms with Crippen molar-refractivity contribution >= 4 is 0 Å². The molecule has 35 heavy (non-hydrogen) atoms. The van der Waals surface area contributed by atoms with Gasteiger partial charge in [0.2, 0.25) is 0 Å². The van der Waals surface area contributed by atoms with Crippen molar-refractivity contribution in [2.75, 3.05) is 26.4 Å². The van der Waals surface area contributed by atoms with Crippen molar-refractivity contribution in [3.8, 4) is 0 Å². The summed E-state index contributed by atoms with van der Waals surface area (Å²) in [5, 5.41) is 20.0. The fourth-order valence-corrected chi connectivity index (χ4v) is 4.78. The number of hydrogen-bond donors (Lipinski definition) is 2. The lowest BCUT2D eigenvalue weighted by molar-refractivity contribution is -0.392. The van der Waals surface area contributed by atoms with E-state index in [0.29, 0.717) is 0 Å². The summed E-state index contributed by atoms with van der Waals surface area (Å²) in [6, 6.07) is 0.195. The van der Waals surface area contributed by atoms with Gasteiger partial charge in [-0.15, -0.1) is 0 Å². The van der Waals surface area contributed by atoms with Crippen LogP contribution in [0, 0.1) is 0 Å². The van der Waals surface area contributed by atoms with E-state index in [2.05, 4.69) is 13.8 Å². The molecule has 1 unspecified atom stereocenters. The molecular weight excluding hydrogens is 438 g/mol. The van der Waals surface area contributed by atoms with E-state index in [0.717, 1.165) is 12.8 Å². The van der Waals surface area contributed by atoms with E-state index >= 15 is 0 Å². The molecule has 0 aromatic rings. The van der Waals surface area contributed by atoms with Gasteiger partial charge in [0.05, 0.1) is 32.5 Å². The van der Waals surface area contributed by atoms with Crippen LogP contribution in [-0.2, 0) is 9.68 Å². The number of aliphatic hydroxyl groups is 2. The molecule has 0 spiro atoms. The van der Waals surface area contributed by atoms with Crippen molar-refractivity contribution in [3.63, 3.8) is 0 Å². The highest BCUT2D eigenvalue weighted by atomic mass is 17.0. The number of hydrogen-bond acceptors (Lipinski definition) is 5. The third-order valence-electron chi connectivity index (χ3n) is 6.95. The minimum absolute atomic E-state index is 0.0255. The summed E-state index contributed by atoms with van der Waals surface area (Å²) in [4.78, 5) is 11.4. The zero-order valence-corrected chi connectivity index (χ0v) is 23.8. The van der Waals surface area contributed by atoms with Gasteiger partial charge in [-0.1, -0.05) is 154 Å². The Morgan fingerprint density at radius 2 is 0.743 bits per heavy atom. The van der Waals surface area contributed by atoms with Crippen molar-refractivity contribution in [3.05, 3.63) is 0 Å². The molecule has 0 aliphatic carbocycles. The normalized spacial score (nSPS) is 12.6. The van der Waals surface area contributed by atoms with Crippen molar-refractivity contribution in [2.45, 2.75) is 168 Å². The minimum Gasteiger partial charge on any atom is -0.394 e. The zero-order chi connectivity index (χ0) is 25.7. The second-order valence-corrected chi connectivity index (χ2v) is 10.3. The molecule has 5 nitrogen and oxygen atoms in total. The summed E-state index contributed by atoms with van der Waals surface area (Å²) in [5.74, 6) is 0. The molecule has 1 atom stereocenters. The van der Waals surface area contributed by atoms with Gasteiger partial charge < -0.3 is 10.2 Å². The van der Waals surface area contributed by atoms with Crippen molar-refractivity contribution in [2.24, 2.45) is 0 Å². The van der Waals surface area contributed by atoms with Crippen LogP contribution in [-0.4, -0.2) is 47.9 Å². The Morgan fingerprint density at radius 1 is 0.457 bits per heavy atom. The van der Waals surface area contributed by atoms with Crippen molar-refractivity contribution in [1.82, 2.24) is 5.23 Å². The lowest BCUT2D eigenvalue weighted by Crippen LogP contribution is -2.37. The van der Waals surface area contributed by atoms with Crippen LogP contribution >= 0.6 is 0 Å².